The zero-order valence-electron chi connectivity index (χ0n) is 21.7. The van der Waals surface area contributed by atoms with Crippen LogP contribution in [0.25, 0.3) is 11.0 Å². The first-order valence-electron chi connectivity index (χ1n) is 12.8. The molecule has 5 aromatic rings. The molecular formula is C30H28N6O3. The van der Waals surface area contributed by atoms with Crippen molar-refractivity contribution >= 4 is 28.6 Å². The Morgan fingerprint density at radius 1 is 1.05 bits per heavy atom. The number of rotatable bonds is 8. The van der Waals surface area contributed by atoms with E-state index in [0.717, 1.165) is 34.6 Å². The number of nitrogens with zero attached hydrogens (tertiary/aromatic N) is 4. The van der Waals surface area contributed by atoms with E-state index >= 15 is 0 Å². The number of nitrogens with one attached hydrogen (secondary N) is 2. The van der Waals surface area contributed by atoms with Gasteiger partial charge in [-0.3, -0.25) is 4.79 Å². The summed E-state index contributed by atoms with van der Waals surface area (Å²) < 4.78 is 11.4. The van der Waals surface area contributed by atoms with Gasteiger partial charge in [0.05, 0.1) is 24.7 Å². The summed E-state index contributed by atoms with van der Waals surface area (Å²) in [6.07, 6.45) is 1.53. The summed E-state index contributed by atoms with van der Waals surface area (Å²) in [6.45, 7) is 3.39. The molecule has 3 heterocycles. The van der Waals surface area contributed by atoms with Crippen molar-refractivity contribution in [3.05, 3.63) is 102 Å². The van der Waals surface area contributed by atoms with E-state index in [1.165, 1.54) is 11.8 Å². The predicted molar refractivity (Wildman–Crippen MR) is 148 cm³/mol. The Kier molecular flexibility index (Phi) is 6.54. The monoisotopic (exact) mass is 520 g/mol. The molecule has 0 spiro atoms. The van der Waals surface area contributed by atoms with Crippen molar-refractivity contribution in [3.63, 3.8) is 0 Å². The molecule has 1 aliphatic heterocycles. The summed E-state index contributed by atoms with van der Waals surface area (Å²) in [7, 11) is 1.63. The molecule has 0 aliphatic carbocycles. The summed E-state index contributed by atoms with van der Waals surface area (Å²) in [6, 6.07) is 23.5. The number of hydrogen-bond donors (Lipinski definition) is 2. The highest BCUT2D eigenvalue weighted by Crippen LogP contribution is 2.39. The number of carbonyl (C=O) groups is 1. The number of amides is 1. The SMILES string of the molecule is COc1ccc(COc2nc(N3CC(C)c4ccccc43)ncc2C(=O)NCc2nc3ccccc3[nH]2)cc1. The zero-order chi connectivity index (χ0) is 26.8. The lowest BCUT2D eigenvalue weighted by Gasteiger charge is -2.19. The smallest absolute Gasteiger partial charge is 0.258 e. The zero-order valence-corrected chi connectivity index (χ0v) is 21.7. The minimum atomic E-state index is -0.345. The van der Waals surface area contributed by atoms with Crippen LogP contribution in [-0.2, 0) is 13.2 Å². The van der Waals surface area contributed by atoms with Gasteiger partial charge in [-0.2, -0.15) is 4.98 Å². The van der Waals surface area contributed by atoms with Gasteiger partial charge in [0.2, 0.25) is 11.8 Å². The number of hydrogen-bond acceptors (Lipinski definition) is 7. The standard InChI is InChI=1S/C30H28N6O3/c1-19-17-36(26-10-6-3-7-22(19)26)30-32-15-23(29(35-30)39-18-20-11-13-21(38-2)14-12-20)28(37)31-16-27-33-24-8-4-5-9-25(24)34-27/h3-15,19H,16-18H2,1-2H3,(H,31,37)(H,33,34). The van der Waals surface area contributed by atoms with Gasteiger partial charge in [-0.25, -0.2) is 9.97 Å². The van der Waals surface area contributed by atoms with Gasteiger partial charge in [0.1, 0.15) is 23.7 Å². The van der Waals surface area contributed by atoms with Crippen molar-refractivity contribution in [2.75, 3.05) is 18.6 Å². The molecule has 3 aromatic carbocycles. The summed E-state index contributed by atoms with van der Waals surface area (Å²) >= 11 is 0. The van der Waals surface area contributed by atoms with Crippen LogP contribution in [-0.4, -0.2) is 39.5 Å². The molecule has 1 amide bonds. The van der Waals surface area contributed by atoms with Crippen LogP contribution < -0.4 is 19.7 Å². The molecule has 0 radical (unpaired) electrons. The van der Waals surface area contributed by atoms with Crippen molar-refractivity contribution in [1.29, 1.82) is 0 Å². The van der Waals surface area contributed by atoms with E-state index in [1.54, 1.807) is 7.11 Å². The molecule has 0 saturated carbocycles. The van der Waals surface area contributed by atoms with Gasteiger partial charge < -0.3 is 24.7 Å². The number of aromatic amines is 1. The van der Waals surface area contributed by atoms with Gasteiger partial charge >= 0.3 is 0 Å². The van der Waals surface area contributed by atoms with Crippen LogP contribution in [0.1, 0.15) is 40.2 Å². The first-order valence-corrected chi connectivity index (χ1v) is 12.8. The Balaban J connectivity index is 1.26. The summed E-state index contributed by atoms with van der Waals surface area (Å²) in [4.78, 5) is 32.4. The quantitative estimate of drug-likeness (QED) is 0.292. The van der Waals surface area contributed by atoms with Gasteiger partial charge in [-0.15, -0.1) is 0 Å². The van der Waals surface area contributed by atoms with Gasteiger partial charge in [-0.05, 0) is 41.5 Å². The Morgan fingerprint density at radius 2 is 1.85 bits per heavy atom. The largest absolute Gasteiger partial charge is 0.497 e. The predicted octanol–water partition coefficient (Wildman–Crippen LogP) is 5.13. The summed E-state index contributed by atoms with van der Waals surface area (Å²) in [5.41, 5.74) is 5.24. The fourth-order valence-electron chi connectivity index (χ4n) is 4.79. The van der Waals surface area contributed by atoms with Crippen LogP contribution in [0.15, 0.2) is 79.0 Å². The molecular weight excluding hydrogens is 492 g/mol. The number of aromatic nitrogens is 4. The Bertz CT molecular complexity index is 1600. The first-order chi connectivity index (χ1) is 19.1. The third-order valence-corrected chi connectivity index (χ3v) is 6.83. The van der Waals surface area contributed by atoms with Crippen LogP contribution in [0.4, 0.5) is 11.6 Å². The summed E-state index contributed by atoms with van der Waals surface area (Å²) in [5, 5.41) is 2.92. The number of fused-ring (bicyclic) bond motifs is 2. The van der Waals surface area contributed by atoms with E-state index in [2.05, 4.69) is 44.2 Å². The highest BCUT2D eigenvalue weighted by atomic mass is 16.5. The second-order valence-electron chi connectivity index (χ2n) is 9.48. The highest BCUT2D eigenvalue weighted by molar-refractivity contribution is 5.96. The number of H-pyrrole nitrogens is 1. The number of para-hydroxylation sites is 3. The minimum Gasteiger partial charge on any atom is -0.497 e. The molecule has 9 heteroatoms. The molecule has 0 saturated heterocycles. The fraction of sp³-hybridized carbons (Fsp3) is 0.200. The minimum absolute atomic E-state index is 0.218. The van der Waals surface area contributed by atoms with Crippen molar-refractivity contribution < 1.29 is 14.3 Å². The van der Waals surface area contributed by atoms with E-state index < -0.39 is 0 Å². The normalized spacial score (nSPS) is 14.3. The van der Waals surface area contributed by atoms with Crippen LogP contribution in [0, 0.1) is 0 Å². The second-order valence-corrected chi connectivity index (χ2v) is 9.48. The first kappa shape index (κ1) is 24.4. The molecule has 6 rings (SSSR count). The molecule has 1 atom stereocenters. The van der Waals surface area contributed by atoms with Crippen molar-refractivity contribution in [3.8, 4) is 11.6 Å². The lowest BCUT2D eigenvalue weighted by Crippen LogP contribution is -2.25. The third-order valence-electron chi connectivity index (χ3n) is 6.83. The van der Waals surface area contributed by atoms with Crippen molar-refractivity contribution in [2.45, 2.75) is 26.0 Å². The second kappa shape index (κ2) is 10.4. The summed E-state index contributed by atoms with van der Waals surface area (Å²) in [5.74, 6) is 2.11. The number of benzene rings is 3. The van der Waals surface area contributed by atoms with Gasteiger partial charge in [-0.1, -0.05) is 49.4 Å². The van der Waals surface area contributed by atoms with Crippen LogP contribution in [0.5, 0.6) is 11.6 Å². The molecule has 0 bridgehead atoms. The Hall–Kier alpha value is -4.92. The molecule has 1 aliphatic rings. The van der Waals surface area contributed by atoms with Gasteiger partial charge in [0.25, 0.3) is 5.91 Å². The van der Waals surface area contributed by atoms with Crippen molar-refractivity contribution in [2.24, 2.45) is 0 Å². The van der Waals surface area contributed by atoms with E-state index in [4.69, 9.17) is 14.5 Å². The lowest BCUT2D eigenvalue weighted by molar-refractivity contribution is 0.0944. The molecule has 0 fully saturated rings. The molecule has 196 valence electrons. The molecule has 2 aromatic heterocycles. The number of methoxy groups -OCH3 is 1. The van der Waals surface area contributed by atoms with Gasteiger partial charge in [0.15, 0.2) is 0 Å². The number of imidazole rings is 1. The van der Waals surface area contributed by atoms with E-state index in [0.29, 0.717) is 17.7 Å². The third kappa shape index (κ3) is 4.98. The van der Waals surface area contributed by atoms with E-state index in [1.807, 2.05) is 60.7 Å². The molecule has 9 nitrogen and oxygen atoms in total. The average Bonchev–Trinajstić information content (AvgIpc) is 3.55. The number of ether oxygens (including phenoxy) is 2. The van der Waals surface area contributed by atoms with Crippen molar-refractivity contribution in [1.82, 2.24) is 25.3 Å². The molecule has 39 heavy (non-hydrogen) atoms. The van der Waals surface area contributed by atoms with Crippen LogP contribution >= 0.6 is 0 Å². The maximum atomic E-state index is 13.3. The lowest BCUT2D eigenvalue weighted by atomic mass is 10.0. The van der Waals surface area contributed by atoms with E-state index in [9.17, 15) is 4.79 Å². The topological polar surface area (TPSA) is 105 Å². The number of carbonyl (C=O) groups excluding carboxylic acids is 1. The maximum Gasteiger partial charge on any atom is 0.258 e. The molecule has 1 unspecified atom stereocenters. The Morgan fingerprint density at radius 3 is 2.67 bits per heavy atom. The van der Waals surface area contributed by atoms with Crippen LogP contribution in [0.2, 0.25) is 0 Å². The van der Waals surface area contributed by atoms with E-state index in [-0.39, 0.29) is 30.5 Å². The number of anilines is 2. The van der Waals surface area contributed by atoms with Crippen LogP contribution in [0.3, 0.4) is 0 Å². The average molecular weight is 521 g/mol. The highest BCUT2D eigenvalue weighted by Gasteiger charge is 2.29. The fourth-order valence-corrected chi connectivity index (χ4v) is 4.79. The van der Waals surface area contributed by atoms with Gasteiger partial charge in [0, 0.05) is 24.3 Å². The Labute approximate surface area is 225 Å². The maximum absolute atomic E-state index is 13.3. The molecule has 2 N–H and O–H groups in total.